The molecular weight excluding hydrogens is 431 g/mol. The van der Waals surface area contributed by atoms with Crippen LogP contribution in [0.1, 0.15) is 51.9 Å². The molecule has 2 aromatic rings. The Morgan fingerprint density at radius 2 is 1.91 bits per heavy atom. The molecule has 4 N–H and O–H groups in total. The van der Waals surface area contributed by atoms with Crippen LogP contribution in [0.25, 0.3) is 10.9 Å². The minimum absolute atomic E-state index is 0.0812. The minimum atomic E-state index is -4.10. The van der Waals surface area contributed by atoms with Gasteiger partial charge in [-0.3, -0.25) is 15.3 Å². The van der Waals surface area contributed by atoms with Crippen LogP contribution >= 0.6 is 0 Å². The molecule has 180 valence electrons. The van der Waals surface area contributed by atoms with Gasteiger partial charge in [-0.2, -0.15) is 13.2 Å². The lowest BCUT2D eigenvalue weighted by atomic mass is 9.81. The first-order chi connectivity index (χ1) is 15.8. The van der Waals surface area contributed by atoms with Gasteiger partial charge in [-0.05, 0) is 51.2 Å². The second-order valence-corrected chi connectivity index (χ2v) is 9.70. The lowest BCUT2D eigenvalue weighted by Gasteiger charge is -2.49. The van der Waals surface area contributed by atoms with Crippen LogP contribution in [0.5, 0.6) is 0 Å². The summed E-state index contributed by atoms with van der Waals surface area (Å²) < 4.78 is 38.5. The maximum atomic E-state index is 12.8. The number of hydrogen-bond acceptors (Lipinski definition) is 7. The summed E-state index contributed by atoms with van der Waals surface area (Å²) in [6.45, 7) is 2.23. The lowest BCUT2D eigenvalue weighted by Crippen LogP contribution is -2.55. The van der Waals surface area contributed by atoms with E-state index in [0.29, 0.717) is 6.04 Å². The van der Waals surface area contributed by atoms with E-state index < -0.39 is 12.6 Å². The van der Waals surface area contributed by atoms with Crippen molar-refractivity contribution in [3.8, 4) is 0 Å². The van der Waals surface area contributed by atoms with Crippen molar-refractivity contribution >= 4 is 22.5 Å². The number of piperidine rings is 2. The van der Waals surface area contributed by atoms with Crippen molar-refractivity contribution in [1.29, 1.82) is 0 Å². The van der Waals surface area contributed by atoms with E-state index in [2.05, 4.69) is 38.3 Å². The Bertz CT molecular complexity index is 955. The molecule has 7 nitrogen and oxygen atoms in total. The third kappa shape index (κ3) is 5.33. The molecule has 5 rings (SSSR count). The molecule has 2 bridgehead atoms. The van der Waals surface area contributed by atoms with Crippen LogP contribution in [0.3, 0.4) is 0 Å². The van der Waals surface area contributed by atoms with Gasteiger partial charge in [0.05, 0.1) is 18.1 Å². The summed E-state index contributed by atoms with van der Waals surface area (Å²) in [5, 5.41) is 8.04. The molecule has 0 aromatic carbocycles. The summed E-state index contributed by atoms with van der Waals surface area (Å²) in [5.74, 6) is 1.54. The molecule has 0 amide bonds. The zero-order valence-electron chi connectivity index (χ0n) is 18.8. The van der Waals surface area contributed by atoms with Crippen molar-refractivity contribution < 1.29 is 13.2 Å². The minimum Gasteiger partial charge on any atom is -0.367 e. The Morgan fingerprint density at radius 3 is 2.61 bits per heavy atom. The average Bonchev–Trinajstić information content (AvgIpc) is 3.16. The van der Waals surface area contributed by atoms with E-state index in [9.17, 15) is 13.2 Å². The Kier molecular flexibility index (Phi) is 6.32. The Morgan fingerprint density at radius 1 is 1.12 bits per heavy atom. The highest BCUT2D eigenvalue weighted by atomic mass is 19.4. The highest BCUT2D eigenvalue weighted by Crippen LogP contribution is 2.37. The van der Waals surface area contributed by atoms with Crippen LogP contribution in [0.15, 0.2) is 24.4 Å². The van der Waals surface area contributed by atoms with Crippen LogP contribution in [0, 0.1) is 0 Å². The van der Waals surface area contributed by atoms with Gasteiger partial charge in [-0.1, -0.05) is 6.42 Å². The third-order valence-electron chi connectivity index (χ3n) is 7.13. The molecule has 3 fully saturated rings. The van der Waals surface area contributed by atoms with Crippen LogP contribution in [0.4, 0.5) is 24.8 Å². The predicted octanol–water partition coefficient (Wildman–Crippen LogP) is 4.00. The monoisotopic (exact) mass is 463 g/mol. The van der Waals surface area contributed by atoms with Gasteiger partial charge in [0.15, 0.2) is 0 Å². The highest BCUT2D eigenvalue weighted by Gasteiger charge is 2.40. The zero-order valence-corrected chi connectivity index (χ0v) is 18.8. The van der Waals surface area contributed by atoms with E-state index in [1.54, 1.807) is 6.20 Å². The number of nitrogens with one attached hydrogen (secondary N) is 4. The van der Waals surface area contributed by atoms with Crippen molar-refractivity contribution in [2.75, 3.05) is 17.2 Å². The fourth-order valence-corrected chi connectivity index (χ4v) is 5.66. The van der Waals surface area contributed by atoms with Crippen molar-refractivity contribution in [3.05, 3.63) is 24.4 Å². The van der Waals surface area contributed by atoms with Crippen LogP contribution in [-0.4, -0.2) is 57.9 Å². The number of nitrogens with zero attached hydrogens (tertiary/aromatic N) is 3. The van der Waals surface area contributed by atoms with E-state index in [1.807, 2.05) is 18.2 Å². The zero-order chi connectivity index (χ0) is 23.0. The summed E-state index contributed by atoms with van der Waals surface area (Å²) in [6.07, 6.45) is 2.64. The number of rotatable bonds is 6. The lowest BCUT2D eigenvalue weighted by molar-refractivity contribution is -0.143. The number of pyridine rings is 2. The third-order valence-corrected chi connectivity index (χ3v) is 7.13. The number of hydrazine groups is 1. The maximum Gasteiger partial charge on any atom is 0.390 e. The van der Waals surface area contributed by atoms with Gasteiger partial charge in [0.2, 0.25) is 0 Å². The molecule has 0 saturated carbocycles. The van der Waals surface area contributed by atoms with Crippen molar-refractivity contribution in [2.24, 2.45) is 0 Å². The number of halogens is 3. The molecule has 10 heteroatoms. The fourth-order valence-electron chi connectivity index (χ4n) is 5.66. The van der Waals surface area contributed by atoms with E-state index in [-0.39, 0.29) is 30.8 Å². The van der Waals surface area contributed by atoms with Gasteiger partial charge in [0, 0.05) is 48.4 Å². The quantitative estimate of drug-likeness (QED) is 0.516. The number of alkyl halides is 3. The predicted molar refractivity (Wildman–Crippen MR) is 123 cm³/mol. The maximum absolute atomic E-state index is 12.8. The molecule has 3 aliphatic rings. The summed E-state index contributed by atoms with van der Waals surface area (Å²) >= 11 is 0. The summed E-state index contributed by atoms with van der Waals surface area (Å²) in [4.78, 5) is 11.5. The number of fused-ring (bicyclic) bond motifs is 3. The fraction of sp³-hybridized carbons (Fsp3) is 0.652. The van der Waals surface area contributed by atoms with Gasteiger partial charge in [-0.25, -0.2) is 10.4 Å². The van der Waals surface area contributed by atoms with Crippen LogP contribution in [-0.2, 0) is 0 Å². The van der Waals surface area contributed by atoms with E-state index in [1.165, 1.54) is 0 Å². The largest absolute Gasteiger partial charge is 0.390 e. The molecule has 3 aliphatic heterocycles. The first-order valence-electron chi connectivity index (χ1n) is 12.0. The Balaban J connectivity index is 1.32. The highest BCUT2D eigenvalue weighted by molar-refractivity contribution is 5.91. The van der Waals surface area contributed by atoms with Crippen molar-refractivity contribution in [2.45, 2.75) is 88.4 Å². The van der Waals surface area contributed by atoms with Crippen LogP contribution < -0.4 is 21.5 Å². The molecule has 5 atom stereocenters. The molecule has 3 unspecified atom stereocenters. The van der Waals surface area contributed by atoms with Crippen molar-refractivity contribution in [3.63, 3.8) is 0 Å². The summed E-state index contributed by atoms with van der Waals surface area (Å²) in [7, 11) is 0. The average molecular weight is 464 g/mol. The molecule has 0 spiro atoms. The SMILES string of the molecule is CC1CC(Nc2cc3ncccc3c(NC3C[C@H]4CCC[C@@H](C3)N4CCC(F)(F)F)n2)NN1. The second-order valence-electron chi connectivity index (χ2n) is 9.70. The van der Waals surface area contributed by atoms with E-state index in [4.69, 9.17) is 4.98 Å². The molecule has 33 heavy (non-hydrogen) atoms. The number of hydrogen-bond donors (Lipinski definition) is 4. The first-order valence-corrected chi connectivity index (χ1v) is 12.0. The normalized spacial score (nSPS) is 30.5. The Hall–Kier alpha value is -2.17. The molecule has 5 heterocycles. The van der Waals surface area contributed by atoms with Gasteiger partial charge in [-0.15, -0.1) is 0 Å². The van der Waals surface area contributed by atoms with Gasteiger partial charge < -0.3 is 10.6 Å². The second kappa shape index (κ2) is 9.23. The van der Waals surface area contributed by atoms with Gasteiger partial charge >= 0.3 is 6.18 Å². The molecule has 3 saturated heterocycles. The Labute approximate surface area is 191 Å². The van der Waals surface area contributed by atoms with Gasteiger partial charge in [0.25, 0.3) is 0 Å². The number of anilines is 2. The topological polar surface area (TPSA) is 77.1 Å². The van der Waals surface area contributed by atoms with Crippen LogP contribution in [0.2, 0.25) is 0 Å². The van der Waals surface area contributed by atoms with Crippen molar-refractivity contribution in [1.82, 2.24) is 25.7 Å². The standard InChI is InChI=1S/C23H32F3N7/c1-14-10-21(32-31-14)29-20-13-19-18(6-3-8-27-19)22(30-20)28-15-11-16-4-2-5-17(12-15)33(16)9-7-23(24,25)26/h3,6,8,13-17,21,31-32H,2,4-5,7,9-12H2,1H3,(H2,28,29,30)/t14?,15?,16-,17+,21?. The summed E-state index contributed by atoms with van der Waals surface area (Å²) in [6, 6.07) is 6.82. The molecule has 0 aliphatic carbocycles. The first kappa shape index (κ1) is 22.6. The molecule has 2 aromatic heterocycles. The summed E-state index contributed by atoms with van der Waals surface area (Å²) in [5.41, 5.74) is 7.30. The number of aromatic nitrogens is 2. The smallest absolute Gasteiger partial charge is 0.367 e. The van der Waals surface area contributed by atoms with Gasteiger partial charge in [0.1, 0.15) is 11.6 Å². The van der Waals surface area contributed by atoms with E-state index >= 15 is 0 Å². The van der Waals surface area contributed by atoms with E-state index in [0.717, 1.165) is 61.1 Å². The molecular formula is C23H32F3N7. The molecule has 0 radical (unpaired) electrons.